The highest BCUT2D eigenvalue weighted by Crippen LogP contribution is 2.40. The number of thioether (sulfide) groups is 1. The number of aliphatic hydroxyl groups is 1. The van der Waals surface area contributed by atoms with Crippen molar-refractivity contribution in [2.45, 2.75) is 81.4 Å². The first-order valence-electron chi connectivity index (χ1n) is 15.7. The molecule has 1 aliphatic rings. The van der Waals surface area contributed by atoms with E-state index in [0.29, 0.717) is 38.0 Å². The van der Waals surface area contributed by atoms with Crippen LogP contribution in [0.15, 0.2) is 77.1 Å². The van der Waals surface area contributed by atoms with E-state index < -0.39 is 12.2 Å². The fourth-order valence-corrected chi connectivity index (χ4v) is 7.20. The van der Waals surface area contributed by atoms with Crippen LogP contribution in [0.2, 0.25) is 0 Å². The number of amides is 2. The Kier molecular flexibility index (Phi) is 12.9. The zero-order valence-corrected chi connectivity index (χ0v) is 27.9. The average Bonchev–Trinajstić information content (AvgIpc) is 3.54. The van der Waals surface area contributed by atoms with E-state index in [2.05, 4.69) is 33.7 Å². The lowest BCUT2D eigenvalue weighted by atomic mass is 9.99. The molecule has 0 saturated carbocycles. The quantitative estimate of drug-likeness (QED) is 0.0486. The summed E-state index contributed by atoms with van der Waals surface area (Å²) in [5.74, 6) is 0.269. The van der Waals surface area contributed by atoms with Crippen LogP contribution in [-0.2, 0) is 32.2 Å². The standard InChI is InChI=1S/C35H40N4O6S2/c1-23-37-38-35(47-23)46-22-30-19-31(26-15-13-24(21-40)14-16-26)45-34(44-30)29-10-6-9-28(18-29)27-8-5-7-25(17-27)20-36-32(41)11-3-2-4-12-33(42)39-43/h5-10,13-18,30-31,34,40,43H,2-4,11-12,19-22H2,1H3,(H,36,41)(H,39,42)/t30-,31+,34+/m1/s1. The number of unbranched alkanes of at least 4 members (excludes halogenated alkanes) is 2. The Morgan fingerprint density at radius 2 is 1.64 bits per heavy atom. The van der Waals surface area contributed by atoms with E-state index >= 15 is 0 Å². The van der Waals surface area contributed by atoms with Crippen molar-refractivity contribution in [1.29, 1.82) is 0 Å². The van der Waals surface area contributed by atoms with Gasteiger partial charge >= 0.3 is 0 Å². The lowest BCUT2D eigenvalue weighted by Crippen LogP contribution is -2.31. The van der Waals surface area contributed by atoms with Crippen molar-refractivity contribution < 1.29 is 29.4 Å². The maximum absolute atomic E-state index is 12.4. The molecule has 1 aliphatic heterocycles. The third-order valence-corrected chi connectivity index (χ3v) is 9.96. The number of rotatable bonds is 15. The first-order valence-corrected chi connectivity index (χ1v) is 17.5. The second-order valence-electron chi connectivity index (χ2n) is 11.4. The molecule has 0 unspecified atom stereocenters. The summed E-state index contributed by atoms with van der Waals surface area (Å²) in [5, 5.41) is 30.4. The zero-order chi connectivity index (χ0) is 33.0. The van der Waals surface area contributed by atoms with Gasteiger partial charge in [0, 0.05) is 37.1 Å². The smallest absolute Gasteiger partial charge is 0.243 e. The second-order valence-corrected chi connectivity index (χ2v) is 13.9. The predicted octanol–water partition coefficient (Wildman–Crippen LogP) is 6.42. The highest BCUT2D eigenvalue weighted by molar-refractivity contribution is 8.01. The van der Waals surface area contributed by atoms with Crippen LogP contribution in [0.25, 0.3) is 11.1 Å². The monoisotopic (exact) mass is 676 g/mol. The van der Waals surface area contributed by atoms with E-state index in [1.807, 2.05) is 61.5 Å². The first-order chi connectivity index (χ1) is 22.9. The van der Waals surface area contributed by atoms with E-state index in [9.17, 15) is 14.7 Å². The van der Waals surface area contributed by atoms with E-state index in [-0.39, 0.29) is 31.1 Å². The summed E-state index contributed by atoms with van der Waals surface area (Å²) in [4.78, 5) is 23.5. The molecule has 0 bridgehead atoms. The number of carbonyl (C=O) groups excluding carboxylic acids is 2. The molecule has 4 aromatic rings. The summed E-state index contributed by atoms with van der Waals surface area (Å²) < 4.78 is 14.0. The van der Waals surface area contributed by atoms with Crippen LogP contribution in [-0.4, -0.2) is 44.2 Å². The van der Waals surface area contributed by atoms with Crippen LogP contribution in [0.4, 0.5) is 0 Å². The van der Waals surface area contributed by atoms with Gasteiger partial charge in [-0.1, -0.05) is 90.2 Å². The lowest BCUT2D eigenvalue weighted by Gasteiger charge is -2.36. The third-order valence-electron chi connectivity index (χ3n) is 7.86. The van der Waals surface area contributed by atoms with Gasteiger partial charge in [0.2, 0.25) is 11.8 Å². The maximum Gasteiger partial charge on any atom is 0.243 e. The second kappa shape index (κ2) is 17.5. The molecule has 3 atom stereocenters. The van der Waals surface area contributed by atoms with Gasteiger partial charge < -0.3 is 19.9 Å². The minimum atomic E-state index is -0.575. The highest BCUT2D eigenvalue weighted by atomic mass is 32.2. The molecule has 4 N–H and O–H groups in total. The number of aromatic nitrogens is 2. The molecule has 12 heteroatoms. The number of aliphatic hydroxyl groups excluding tert-OH is 1. The molecule has 0 radical (unpaired) electrons. The molecule has 1 fully saturated rings. The lowest BCUT2D eigenvalue weighted by molar-refractivity contribution is -0.245. The van der Waals surface area contributed by atoms with Gasteiger partial charge in [0.25, 0.3) is 0 Å². The molecule has 1 saturated heterocycles. The van der Waals surface area contributed by atoms with Crippen molar-refractivity contribution >= 4 is 34.9 Å². The SMILES string of the molecule is Cc1nnc(SC[C@H]2C[C@@H](c3ccc(CO)cc3)O[C@@H](c3cccc(-c4cccc(CNC(=O)CCCCCC(=O)NO)c4)c3)O2)s1. The van der Waals surface area contributed by atoms with Gasteiger partial charge in [0.1, 0.15) is 5.01 Å². The highest BCUT2D eigenvalue weighted by Gasteiger charge is 2.32. The fraction of sp³-hybridized carbons (Fsp3) is 0.371. The molecule has 248 valence electrons. The molecule has 10 nitrogen and oxygen atoms in total. The van der Waals surface area contributed by atoms with Crippen molar-refractivity contribution in [2.75, 3.05) is 5.75 Å². The maximum atomic E-state index is 12.4. The summed E-state index contributed by atoms with van der Waals surface area (Å²) in [5.41, 5.74) is 7.45. The van der Waals surface area contributed by atoms with Crippen LogP contribution in [0.5, 0.6) is 0 Å². The van der Waals surface area contributed by atoms with Gasteiger partial charge in [-0.15, -0.1) is 10.2 Å². The number of ether oxygens (including phenoxy) is 2. The number of aryl methyl sites for hydroxylation is 1. The predicted molar refractivity (Wildman–Crippen MR) is 181 cm³/mol. The molecule has 3 aromatic carbocycles. The molecule has 0 spiro atoms. The Hall–Kier alpha value is -3.65. The van der Waals surface area contributed by atoms with Gasteiger partial charge in [0.05, 0.1) is 18.8 Å². The summed E-state index contributed by atoms with van der Waals surface area (Å²) >= 11 is 3.22. The van der Waals surface area contributed by atoms with E-state index in [1.54, 1.807) is 28.6 Å². The van der Waals surface area contributed by atoms with Gasteiger partial charge in [-0.3, -0.25) is 14.8 Å². The Bertz CT molecular complexity index is 1620. The molecule has 1 aromatic heterocycles. The van der Waals surface area contributed by atoms with Crippen molar-refractivity contribution in [3.05, 3.63) is 100 Å². The number of benzene rings is 3. The van der Waals surface area contributed by atoms with Gasteiger partial charge in [0.15, 0.2) is 10.6 Å². The van der Waals surface area contributed by atoms with Crippen LogP contribution in [0.1, 0.15) is 78.2 Å². The first kappa shape index (κ1) is 34.7. The number of hydroxylamine groups is 1. The van der Waals surface area contributed by atoms with Gasteiger partial charge in [-0.25, -0.2) is 5.48 Å². The molecule has 5 rings (SSSR count). The number of hydrogen-bond acceptors (Lipinski definition) is 10. The Balaban J connectivity index is 1.24. The summed E-state index contributed by atoms with van der Waals surface area (Å²) in [6.07, 6.45) is 2.52. The van der Waals surface area contributed by atoms with Crippen molar-refractivity contribution in [1.82, 2.24) is 21.0 Å². The molecule has 2 heterocycles. The third kappa shape index (κ3) is 10.4. The summed E-state index contributed by atoms with van der Waals surface area (Å²) in [6.45, 7) is 2.36. The van der Waals surface area contributed by atoms with Gasteiger partial charge in [-0.05, 0) is 59.7 Å². The Morgan fingerprint density at radius 3 is 2.36 bits per heavy atom. The normalized spacial score (nSPS) is 17.7. The van der Waals surface area contributed by atoms with Crippen molar-refractivity contribution in [2.24, 2.45) is 0 Å². The Labute approximate surface area is 282 Å². The Morgan fingerprint density at radius 1 is 0.894 bits per heavy atom. The minimum absolute atomic E-state index is 0.00647. The summed E-state index contributed by atoms with van der Waals surface area (Å²) in [7, 11) is 0. The average molecular weight is 677 g/mol. The molecule has 2 amide bonds. The zero-order valence-electron chi connectivity index (χ0n) is 26.3. The number of hydrogen-bond donors (Lipinski definition) is 4. The molecule has 47 heavy (non-hydrogen) atoms. The van der Waals surface area contributed by atoms with E-state index in [4.69, 9.17) is 14.7 Å². The topological polar surface area (TPSA) is 143 Å². The van der Waals surface area contributed by atoms with Crippen molar-refractivity contribution in [3.63, 3.8) is 0 Å². The van der Waals surface area contributed by atoms with Crippen LogP contribution in [0.3, 0.4) is 0 Å². The van der Waals surface area contributed by atoms with E-state index in [1.165, 1.54) is 0 Å². The van der Waals surface area contributed by atoms with E-state index in [0.717, 1.165) is 49.1 Å². The summed E-state index contributed by atoms with van der Waals surface area (Å²) in [6, 6.07) is 24.1. The molecule has 0 aliphatic carbocycles. The largest absolute Gasteiger partial charge is 0.392 e. The van der Waals surface area contributed by atoms with Gasteiger partial charge in [-0.2, -0.15) is 0 Å². The molecular formula is C35H40N4O6S2. The minimum Gasteiger partial charge on any atom is -0.392 e. The molecular weight excluding hydrogens is 637 g/mol. The van der Waals surface area contributed by atoms with Crippen LogP contribution >= 0.6 is 23.1 Å². The van der Waals surface area contributed by atoms with Crippen molar-refractivity contribution in [3.8, 4) is 11.1 Å². The van der Waals surface area contributed by atoms with Crippen LogP contribution < -0.4 is 10.8 Å². The number of carbonyl (C=O) groups is 2. The number of nitrogens with zero attached hydrogens (tertiary/aromatic N) is 2. The van der Waals surface area contributed by atoms with Crippen LogP contribution in [0, 0.1) is 6.92 Å². The number of nitrogens with one attached hydrogen (secondary N) is 2. The fourth-order valence-electron chi connectivity index (χ4n) is 5.34.